The number of nitrogens with zero attached hydrogens (tertiary/aromatic N) is 1. The van der Waals surface area contributed by atoms with Crippen molar-refractivity contribution < 1.29 is 13.2 Å². The predicted molar refractivity (Wildman–Crippen MR) is 96.4 cm³/mol. The SMILES string of the molecule is C#CCN(C(=O)Cc1ccc(CCCC)cc1)C1CCS(=O)(=O)C1. The molecule has 1 unspecified atom stereocenters. The number of unbranched alkanes of at least 4 members (excludes halogenated alkanes) is 1. The molecule has 0 spiro atoms. The van der Waals surface area contributed by atoms with Crippen molar-refractivity contribution in [1.29, 1.82) is 0 Å². The van der Waals surface area contributed by atoms with Gasteiger partial charge in [0.2, 0.25) is 5.91 Å². The van der Waals surface area contributed by atoms with E-state index in [2.05, 4.69) is 25.0 Å². The molecule has 1 aliphatic heterocycles. The monoisotopic (exact) mass is 347 g/mol. The van der Waals surface area contributed by atoms with Crippen LogP contribution in [-0.4, -0.2) is 43.3 Å². The third kappa shape index (κ3) is 5.10. The summed E-state index contributed by atoms with van der Waals surface area (Å²) in [6.45, 7) is 2.32. The smallest absolute Gasteiger partial charge is 0.228 e. The Balaban J connectivity index is 2.01. The number of hydrogen-bond acceptors (Lipinski definition) is 3. The maximum Gasteiger partial charge on any atom is 0.228 e. The second-order valence-electron chi connectivity index (χ2n) is 6.38. The summed E-state index contributed by atoms with van der Waals surface area (Å²) in [4.78, 5) is 14.1. The molecule has 1 heterocycles. The van der Waals surface area contributed by atoms with Crippen molar-refractivity contribution in [2.24, 2.45) is 0 Å². The zero-order chi connectivity index (χ0) is 17.6. The molecule has 1 saturated heterocycles. The van der Waals surface area contributed by atoms with Crippen LogP contribution in [0.3, 0.4) is 0 Å². The molecule has 130 valence electrons. The van der Waals surface area contributed by atoms with Crippen molar-refractivity contribution >= 4 is 15.7 Å². The van der Waals surface area contributed by atoms with E-state index in [0.717, 1.165) is 24.8 Å². The number of carbonyl (C=O) groups is 1. The molecule has 2 rings (SSSR count). The molecule has 0 saturated carbocycles. The lowest BCUT2D eigenvalue weighted by atomic mass is 10.0. The van der Waals surface area contributed by atoms with E-state index in [9.17, 15) is 13.2 Å². The van der Waals surface area contributed by atoms with Crippen molar-refractivity contribution in [2.75, 3.05) is 18.1 Å². The van der Waals surface area contributed by atoms with E-state index in [1.54, 1.807) is 4.90 Å². The number of hydrogen-bond donors (Lipinski definition) is 0. The molecule has 5 heteroatoms. The average Bonchev–Trinajstić information content (AvgIpc) is 2.91. The minimum Gasteiger partial charge on any atom is -0.327 e. The van der Waals surface area contributed by atoms with E-state index in [1.807, 2.05) is 12.1 Å². The number of aryl methyl sites for hydroxylation is 1. The summed E-state index contributed by atoms with van der Waals surface area (Å²) in [6, 6.07) is 7.78. The van der Waals surface area contributed by atoms with Crippen molar-refractivity contribution in [3.05, 3.63) is 35.4 Å². The standard InChI is InChI=1S/C19H25NO3S/c1-3-5-6-16-7-9-17(10-8-16)14-19(21)20(12-4-2)18-11-13-24(22,23)15-18/h2,7-10,18H,3,5-6,11-15H2,1H3. The van der Waals surface area contributed by atoms with Crippen LogP contribution in [0.5, 0.6) is 0 Å². The predicted octanol–water partition coefficient (Wildman–Crippen LogP) is 2.22. The largest absolute Gasteiger partial charge is 0.327 e. The minimum absolute atomic E-state index is 0.0242. The third-order valence-electron chi connectivity index (χ3n) is 4.43. The Hall–Kier alpha value is -1.80. The summed E-state index contributed by atoms with van der Waals surface area (Å²) in [7, 11) is -3.04. The number of rotatable bonds is 7. The number of terminal acetylenes is 1. The van der Waals surface area contributed by atoms with E-state index >= 15 is 0 Å². The molecule has 1 aromatic rings. The fourth-order valence-electron chi connectivity index (χ4n) is 3.02. The molecule has 0 radical (unpaired) electrons. The van der Waals surface area contributed by atoms with Crippen LogP contribution < -0.4 is 0 Å². The van der Waals surface area contributed by atoms with E-state index < -0.39 is 9.84 Å². The van der Waals surface area contributed by atoms with Crippen LogP contribution >= 0.6 is 0 Å². The van der Waals surface area contributed by atoms with Gasteiger partial charge in [0, 0.05) is 6.04 Å². The first-order valence-corrected chi connectivity index (χ1v) is 10.3. The molecule has 1 atom stereocenters. The Labute approximate surface area is 145 Å². The number of sulfone groups is 1. The van der Waals surface area contributed by atoms with Crippen molar-refractivity contribution in [3.8, 4) is 12.3 Å². The van der Waals surface area contributed by atoms with E-state index in [0.29, 0.717) is 6.42 Å². The topological polar surface area (TPSA) is 54.5 Å². The summed E-state index contributed by atoms with van der Waals surface area (Å²) in [5, 5.41) is 0. The first-order valence-electron chi connectivity index (χ1n) is 8.46. The maximum absolute atomic E-state index is 12.6. The zero-order valence-corrected chi connectivity index (χ0v) is 15.0. The maximum atomic E-state index is 12.6. The van der Waals surface area contributed by atoms with Gasteiger partial charge in [0.25, 0.3) is 0 Å². The molecule has 0 aromatic heterocycles. The molecule has 1 aliphatic rings. The lowest BCUT2D eigenvalue weighted by molar-refractivity contribution is -0.131. The third-order valence-corrected chi connectivity index (χ3v) is 6.18. The quantitative estimate of drug-likeness (QED) is 0.711. The summed E-state index contributed by atoms with van der Waals surface area (Å²) in [5.41, 5.74) is 2.21. The second kappa shape index (κ2) is 8.34. The first-order chi connectivity index (χ1) is 11.4. The van der Waals surface area contributed by atoms with Crippen LogP contribution in [0.2, 0.25) is 0 Å². The average molecular weight is 347 g/mol. The first kappa shape index (κ1) is 18.5. The molecule has 1 amide bonds. The van der Waals surface area contributed by atoms with Crippen LogP contribution in [0.15, 0.2) is 24.3 Å². The summed E-state index contributed by atoms with van der Waals surface area (Å²) in [6.07, 6.45) is 9.47. The highest BCUT2D eigenvalue weighted by Crippen LogP contribution is 2.19. The van der Waals surface area contributed by atoms with Gasteiger partial charge in [-0.2, -0.15) is 0 Å². The van der Waals surface area contributed by atoms with Crippen LogP contribution in [0.25, 0.3) is 0 Å². The molecule has 0 aliphatic carbocycles. The van der Waals surface area contributed by atoms with Gasteiger partial charge in [-0.05, 0) is 30.4 Å². The van der Waals surface area contributed by atoms with Gasteiger partial charge in [-0.1, -0.05) is 43.5 Å². The van der Waals surface area contributed by atoms with Crippen LogP contribution in [0.4, 0.5) is 0 Å². The number of carbonyl (C=O) groups excluding carboxylic acids is 1. The molecule has 1 aromatic carbocycles. The molecular weight excluding hydrogens is 322 g/mol. The van der Waals surface area contributed by atoms with Gasteiger partial charge in [-0.15, -0.1) is 6.42 Å². The number of benzene rings is 1. The van der Waals surface area contributed by atoms with Gasteiger partial charge in [0.15, 0.2) is 9.84 Å². The molecule has 24 heavy (non-hydrogen) atoms. The molecular formula is C19H25NO3S. The summed E-state index contributed by atoms with van der Waals surface area (Å²) in [5.74, 6) is 2.54. The lowest BCUT2D eigenvalue weighted by Crippen LogP contribution is -2.42. The van der Waals surface area contributed by atoms with E-state index in [-0.39, 0.29) is 36.4 Å². The zero-order valence-electron chi connectivity index (χ0n) is 14.2. The van der Waals surface area contributed by atoms with Gasteiger partial charge in [-0.25, -0.2) is 8.42 Å². The van der Waals surface area contributed by atoms with Crippen molar-refractivity contribution in [3.63, 3.8) is 0 Å². The Morgan fingerprint density at radius 2 is 1.96 bits per heavy atom. The Morgan fingerprint density at radius 1 is 1.29 bits per heavy atom. The molecule has 0 N–H and O–H groups in total. The highest BCUT2D eigenvalue weighted by atomic mass is 32.2. The summed E-state index contributed by atoms with van der Waals surface area (Å²) < 4.78 is 23.3. The second-order valence-corrected chi connectivity index (χ2v) is 8.61. The molecule has 1 fully saturated rings. The molecule has 4 nitrogen and oxygen atoms in total. The summed E-state index contributed by atoms with van der Waals surface area (Å²) >= 11 is 0. The Bertz CT molecular complexity index is 701. The van der Waals surface area contributed by atoms with Gasteiger partial charge in [-0.3, -0.25) is 4.79 Å². The highest BCUT2D eigenvalue weighted by Gasteiger charge is 2.34. The van der Waals surface area contributed by atoms with E-state index in [4.69, 9.17) is 6.42 Å². The van der Waals surface area contributed by atoms with E-state index in [1.165, 1.54) is 5.56 Å². The minimum atomic E-state index is -3.04. The van der Waals surface area contributed by atoms with Crippen LogP contribution in [-0.2, 0) is 27.5 Å². The Kier molecular flexibility index (Phi) is 6.44. The fourth-order valence-corrected chi connectivity index (χ4v) is 4.75. The lowest BCUT2D eigenvalue weighted by Gasteiger charge is -2.26. The normalized spacial score (nSPS) is 18.9. The Morgan fingerprint density at radius 3 is 2.50 bits per heavy atom. The van der Waals surface area contributed by atoms with Gasteiger partial charge in [0.1, 0.15) is 0 Å². The van der Waals surface area contributed by atoms with Gasteiger partial charge in [0.05, 0.1) is 24.5 Å². The van der Waals surface area contributed by atoms with Crippen LogP contribution in [0.1, 0.15) is 37.3 Å². The van der Waals surface area contributed by atoms with Gasteiger partial charge < -0.3 is 4.90 Å². The number of amides is 1. The molecule has 0 bridgehead atoms. The van der Waals surface area contributed by atoms with Crippen molar-refractivity contribution in [1.82, 2.24) is 4.90 Å². The highest BCUT2D eigenvalue weighted by molar-refractivity contribution is 7.91. The van der Waals surface area contributed by atoms with Gasteiger partial charge >= 0.3 is 0 Å². The van der Waals surface area contributed by atoms with Crippen LogP contribution in [0, 0.1) is 12.3 Å². The van der Waals surface area contributed by atoms with Crippen molar-refractivity contribution in [2.45, 2.75) is 45.1 Å². The fraction of sp³-hybridized carbons (Fsp3) is 0.526.